The average Bonchev–Trinajstić information content (AvgIpc) is 2.78. The van der Waals surface area contributed by atoms with Crippen molar-refractivity contribution in [2.75, 3.05) is 20.8 Å². The van der Waals surface area contributed by atoms with Crippen LogP contribution >= 0.6 is 19.4 Å². The summed E-state index contributed by atoms with van der Waals surface area (Å²) < 4.78 is 38.8. The second-order valence-electron chi connectivity index (χ2n) is 9.80. The zero-order valence-corrected chi connectivity index (χ0v) is 23.7. The van der Waals surface area contributed by atoms with Crippen molar-refractivity contribution < 1.29 is 32.4 Å². The summed E-state index contributed by atoms with van der Waals surface area (Å²) in [6, 6.07) is 13.4. The van der Waals surface area contributed by atoms with Crippen molar-refractivity contribution in [3.05, 3.63) is 58.6 Å². The highest BCUT2D eigenvalue weighted by Crippen LogP contribution is 2.48. The molecular weight excluding hydrogens is 505 g/mol. The molecule has 1 atom stereocenters. The molecule has 0 aliphatic carbocycles. The Hall–Kier alpha value is -2.09. The molecular formula is C26H37ClNO7P. The fourth-order valence-electron chi connectivity index (χ4n) is 3.40. The zero-order chi connectivity index (χ0) is 27.0. The maximum absolute atomic E-state index is 12.5. The molecule has 1 unspecified atom stereocenters. The first-order chi connectivity index (χ1) is 16.8. The SMILES string of the molecule is COP(=O)(OC)OCC(C)(CCCc1ccc(Oc2cccc(C)c2)cc1Cl)NC(=O)OC(C)(C)C. The first-order valence-electron chi connectivity index (χ1n) is 11.7. The van der Waals surface area contributed by atoms with Gasteiger partial charge in [-0.25, -0.2) is 9.36 Å². The average molecular weight is 542 g/mol. The van der Waals surface area contributed by atoms with Crippen LogP contribution in [0.4, 0.5) is 4.79 Å². The van der Waals surface area contributed by atoms with Gasteiger partial charge in [0.15, 0.2) is 0 Å². The maximum atomic E-state index is 12.5. The van der Waals surface area contributed by atoms with Crippen molar-refractivity contribution in [2.24, 2.45) is 0 Å². The first kappa shape index (κ1) is 30.1. The normalized spacial score (nSPS) is 13.7. The largest absolute Gasteiger partial charge is 0.474 e. The summed E-state index contributed by atoms with van der Waals surface area (Å²) in [6.45, 7) is 9.01. The van der Waals surface area contributed by atoms with Gasteiger partial charge in [-0.05, 0) is 89.3 Å². The summed E-state index contributed by atoms with van der Waals surface area (Å²) >= 11 is 6.53. The molecule has 0 heterocycles. The van der Waals surface area contributed by atoms with Crippen molar-refractivity contribution in [2.45, 2.75) is 65.0 Å². The van der Waals surface area contributed by atoms with Crippen LogP contribution in [0.25, 0.3) is 0 Å². The molecule has 0 aliphatic rings. The molecule has 2 aromatic carbocycles. The number of halogens is 1. The lowest BCUT2D eigenvalue weighted by Gasteiger charge is -2.32. The summed E-state index contributed by atoms with van der Waals surface area (Å²) in [6.07, 6.45) is 1.17. The van der Waals surface area contributed by atoms with Gasteiger partial charge in [0, 0.05) is 19.2 Å². The number of phosphoric acid groups is 1. The number of nitrogens with one attached hydrogen (secondary N) is 1. The molecule has 0 spiro atoms. The highest BCUT2D eigenvalue weighted by atomic mass is 35.5. The fourth-order valence-corrected chi connectivity index (χ4v) is 4.47. The van der Waals surface area contributed by atoms with Crippen LogP contribution in [0.5, 0.6) is 11.5 Å². The van der Waals surface area contributed by atoms with E-state index in [9.17, 15) is 9.36 Å². The van der Waals surface area contributed by atoms with E-state index in [1.54, 1.807) is 33.8 Å². The van der Waals surface area contributed by atoms with Crippen LogP contribution < -0.4 is 10.1 Å². The van der Waals surface area contributed by atoms with Crippen LogP contribution in [0, 0.1) is 6.92 Å². The molecule has 0 saturated carbocycles. The smallest absolute Gasteiger partial charge is 0.457 e. The molecule has 0 bridgehead atoms. The number of phosphoric ester groups is 1. The second-order valence-corrected chi connectivity index (χ2v) is 12.1. The molecule has 2 aromatic rings. The Morgan fingerprint density at radius 2 is 1.69 bits per heavy atom. The van der Waals surface area contributed by atoms with Crippen LogP contribution in [0.1, 0.15) is 51.7 Å². The number of hydrogen-bond acceptors (Lipinski definition) is 7. The van der Waals surface area contributed by atoms with Crippen molar-refractivity contribution in [1.29, 1.82) is 0 Å². The summed E-state index contributed by atoms with van der Waals surface area (Å²) in [4.78, 5) is 12.5. The van der Waals surface area contributed by atoms with E-state index in [0.29, 0.717) is 30.0 Å². The number of hydrogen-bond donors (Lipinski definition) is 1. The Kier molecular flexibility index (Phi) is 10.8. The molecule has 0 aromatic heterocycles. The van der Waals surface area contributed by atoms with Crippen molar-refractivity contribution in [3.63, 3.8) is 0 Å². The minimum atomic E-state index is -3.72. The molecule has 0 radical (unpaired) electrons. The number of amides is 1. The Balaban J connectivity index is 2.06. The molecule has 200 valence electrons. The van der Waals surface area contributed by atoms with Gasteiger partial charge in [-0.15, -0.1) is 0 Å². The van der Waals surface area contributed by atoms with Crippen LogP contribution in [-0.4, -0.2) is 38.1 Å². The first-order valence-corrected chi connectivity index (χ1v) is 13.5. The van der Waals surface area contributed by atoms with E-state index in [0.717, 1.165) is 16.9 Å². The predicted molar refractivity (Wildman–Crippen MR) is 141 cm³/mol. The van der Waals surface area contributed by atoms with Gasteiger partial charge in [-0.3, -0.25) is 13.6 Å². The molecule has 36 heavy (non-hydrogen) atoms. The number of rotatable bonds is 12. The minimum Gasteiger partial charge on any atom is -0.457 e. The number of ether oxygens (including phenoxy) is 2. The van der Waals surface area contributed by atoms with Crippen LogP contribution in [-0.2, 0) is 29.3 Å². The Morgan fingerprint density at radius 3 is 2.28 bits per heavy atom. The van der Waals surface area contributed by atoms with Crippen molar-refractivity contribution in [1.82, 2.24) is 5.32 Å². The van der Waals surface area contributed by atoms with E-state index >= 15 is 0 Å². The lowest BCUT2D eigenvalue weighted by atomic mass is 9.94. The van der Waals surface area contributed by atoms with Crippen molar-refractivity contribution >= 4 is 25.5 Å². The zero-order valence-electron chi connectivity index (χ0n) is 22.1. The van der Waals surface area contributed by atoms with Gasteiger partial charge in [0.05, 0.1) is 12.1 Å². The minimum absolute atomic E-state index is 0.109. The van der Waals surface area contributed by atoms with Gasteiger partial charge in [0.1, 0.15) is 17.1 Å². The van der Waals surface area contributed by atoms with E-state index in [4.69, 9.17) is 34.6 Å². The van der Waals surface area contributed by atoms with Gasteiger partial charge >= 0.3 is 13.9 Å². The third kappa shape index (κ3) is 10.1. The summed E-state index contributed by atoms with van der Waals surface area (Å²) in [7, 11) is -1.26. The Bertz CT molecular complexity index is 1060. The molecule has 0 aliphatic heterocycles. The fraction of sp³-hybridized carbons (Fsp3) is 0.500. The highest BCUT2D eigenvalue weighted by molar-refractivity contribution is 7.48. The molecule has 8 nitrogen and oxygen atoms in total. The standard InChI is InChI=1S/C26H37ClNO7P/c1-19-10-8-12-21(16-19)34-22-14-13-20(23(27)17-22)11-9-15-26(5,18-33-36(30,31-6)32-7)28-24(29)35-25(2,3)4/h8,10,12-14,16-17H,9,11,15,18H2,1-7H3,(H,28,29). The third-order valence-corrected chi connectivity index (χ3v) is 6.91. The number of alkyl carbamates (subject to hydrolysis) is 1. The third-order valence-electron chi connectivity index (χ3n) is 5.22. The van der Waals surface area contributed by atoms with Crippen LogP contribution in [0.2, 0.25) is 5.02 Å². The molecule has 1 N–H and O–H groups in total. The van der Waals surface area contributed by atoms with Crippen molar-refractivity contribution in [3.8, 4) is 11.5 Å². The summed E-state index contributed by atoms with van der Waals surface area (Å²) in [5.41, 5.74) is 0.467. The van der Waals surface area contributed by atoms with Gasteiger partial charge in [0.2, 0.25) is 0 Å². The molecule has 1 amide bonds. The molecule has 0 fully saturated rings. The van der Waals surface area contributed by atoms with Gasteiger partial charge in [0.25, 0.3) is 0 Å². The monoisotopic (exact) mass is 541 g/mol. The van der Waals surface area contributed by atoms with E-state index in [1.807, 2.05) is 43.3 Å². The van der Waals surface area contributed by atoms with E-state index in [2.05, 4.69) is 5.32 Å². The lowest BCUT2D eigenvalue weighted by Crippen LogP contribution is -2.51. The predicted octanol–water partition coefficient (Wildman–Crippen LogP) is 7.46. The lowest BCUT2D eigenvalue weighted by molar-refractivity contribution is 0.0386. The van der Waals surface area contributed by atoms with E-state index < -0.39 is 25.1 Å². The maximum Gasteiger partial charge on any atom is 0.474 e. The van der Waals surface area contributed by atoms with E-state index in [-0.39, 0.29) is 6.61 Å². The molecule has 10 heteroatoms. The summed E-state index contributed by atoms with van der Waals surface area (Å²) in [5, 5.41) is 3.43. The molecule has 2 rings (SSSR count). The Morgan fingerprint density at radius 1 is 1.03 bits per heavy atom. The number of carbonyl (C=O) groups excluding carboxylic acids is 1. The van der Waals surface area contributed by atoms with Gasteiger partial charge < -0.3 is 14.8 Å². The summed E-state index contributed by atoms with van der Waals surface area (Å²) in [5.74, 6) is 1.39. The van der Waals surface area contributed by atoms with E-state index in [1.165, 1.54) is 14.2 Å². The number of benzene rings is 2. The van der Waals surface area contributed by atoms with Crippen LogP contribution in [0.3, 0.4) is 0 Å². The molecule has 0 saturated heterocycles. The second kappa shape index (κ2) is 12.9. The van der Waals surface area contributed by atoms with Crippen LogP contribution in [0.15, 0.2) is 42.5 Å². The quantitative estimate of drug-likeness (QED) is 0.279. The van der Waals surface area contributed by atoms with Gasteiger partial charge in [-0.1, -0.05) is 29.8 Å². The van der Waals surface area contributed by atoms with Gasteiger partial charge in [-0.2, -0.15) is 0 Å². The Labute approximate surface area is 219 Å². The topological polar surface area (TPSA) is 92.3 Å². The highest BCUT2D eigenvalue weighted by Gasteiger charge is 2.33. The number of carbonyl (C=O) groups is 1. The number of aryl methyl sites for hydroxylation is 2.